The SMILES string of the molecule is CC(NC(=O)c1ccccc1Cl)C(=O)OCC(=O)NC1CCS(=O)(=O)C1. The Morgan fingerprint density at radius 3 is 2.62 bits per heavy atom. The first-order chi connectivity index (χ1) is 12.2. The Morgan fingerprint density at radius 2 is 2.00 bits per heavy atom. The smallest absolute Gasteiger partial charge is 0.328 e. The van der Waals surface area contributed by atoms with Crippen LogP contribution in [0.25, 0.3) is 0 Å². The molecule has 2 N–H and O–H groups in total. The Morgan fingerprint density at radius 1 is 1.31 bits per heavy atom. The van der Waals surface area contributed by atoms with Gasteiger partial charge in [0.15, 0.2) is 16.4 Å². The maximum Gasteiger partial charge on any atom is 0.328 e. The Hall–Kier alpha value is -2.13. The summed E-state index contributed by atoms with van der Waals surface area (Å²) in [5.41, 5.74) is 0.217. The Bertz CT molecular complexity index is 811. The van der Waals surface area contributed by atoms with E-state index in [9.17, 15) is 22.8 Å². The second kappa shape index (κ2) is 8.50. The van der Waals surface area contributed by atoms with Crippen LogP contribution in [0, 0.1) is 0 Å². The third-order valence-electron chi connectivity index (χ3n) is 3.76. The zero-order valence-electron chi connectivity index (χ0n) is 14.0. The van der Waals surface area contributed by atoms with E-state index in [4.69, 9.17) is 16.3 Å². The van der Waals surface area contributed by atoms with Crippen molar-refractivity contribution in [3.05, 3.63) is 34.9 Å². The fourth-order valence-corrected chi connectivity index (χ4v) is 4.31. The van der Waals surface area contributed by atoms with Gasteiger partial charge in [0.1, 0.15) is 6.04 Å². The minimum Gasteiger partial charge on any atom is -0.454 e. The average molecular weight is 403 g/mol. The van der Waals surface area contributed by atoms with Crippen molar-refractivity contribution in [2.75, 3.05) is 18.1 Å². The standard InChI is InChI=1S/C16H19ClN2O6S/c1-10(18-15(21)12-4-2-3-5-13(12)17)16(22)25-8-14(20)19-11-6-7-26(23,24)9-11/h2-5,10-11H,6-9H2,1H3,(H,18,21)(H,19,20). The summed E-state index contributed by atoms with van der Waals surface area (Å²) < 4.78 is 27.5. The number of esters is 1. The van der Waals surface area contributed by atoms with Gasteiger partial charge in [0.05, 0.1) is 22.1 Å². The molecule has 2 rings (SSSR count). The molecule has 0 aromatic heterocycles. The van der Waals surface area contributed by atoms with E-state index < -0.39 is 46.3 Å². The van der Waals surface area contributed by atoms with Crippen LogP contribution in [0.15, 0.2) is 24.3 Å². The molecule has 142 valence electrons. The number of hydrogen-bond donors (Lipinski definition) is 2. The third kappa shape index (κ3) is 5.70. The van der Waals surface area contributed by atoms with Crippen molar-refractivity contribution in [1.82, 2.24) is 10.6 Å². The molecule has 2 unspecified atom stereocenters. The fraction of sp³-hybridized carbons (Fsp3) is 0.438. The number of hydrogen-bond acceptors (Lipinski definition) is 6. The van der Waals surface area contributed by atoms with E-state index in [0.717, 1.165) is 0 Å². The number of amides is 2. The number of nitrogens with one attached hydrogen (secondary N) is 2. The highest BCUT2D eigenvalue weighted by Gasteiger charge is 2.29. The molecule has 10 heteroatoms. The summed E-state index contributed by atoms with van der Waals surface area (Å²) in [5, 5.41) is 5.18. The maximum atomic E-state index is 12.1. The van der Waals surface area contributed by atoms with E-state index in [1.807, 2.05) is 0 Å². The molecule has 1 saturated heterocycles. The molecule has 0 radical (unpaired) electrons. The first kappa shape index (κ1) is 20.2. The highest BCUT2D eigenvalue weighted by atomic mass is 35.5. The van der Waals surface area contributed by atoms with E-state index in [1.165, 1.54) is 13.0 Å². The van der Waals surface area contributed by atoms with Crippen LogP contribution in [0.3, 0.4) is 0 Å². The Labute approximate surface area is 156 Å². The summed E-state index contributed by atoms with van der Waals surface area (Å²) in [4.78, 5) is 35.7. The van der Waals surface area contributed by atoms with Crippen molar-refractivity contribution in [3.63, 3.8) is 0 Å². The molecule has 0 aliphatic carbocycles. The second-order valence-electron chi connectivity index (χ2n) is 5.95. The molecular formula is C16H19ClN2O6S. The lowest BCUT2D eigenvalue weighted by Crippen LogP contribution is -2.42. The molecule has 1 aliphatic rings. The summed E-state index contributed by atoms with van der Waals surface area (Å²) in [6, 6.07) is 4.91. The van der Waals surface area contributed by atoms with Crippen molar-refractivity contribution in [2.24, 2.45) is 0 Å². The molecule has 1 fully saturated rings. The van der Waals surface area contributed by atoms with Gasteiger partial charge in [-0.15, -0.1) is 0 Å². The predicted molar refractivity (Wildman–Crippen MR) is 94.5 cm³/mol. The lowest BCUT2D eigenvalue weighted by molar-refractivity contribution is -0.150. The number of benzene rings is 1. The monoisotopic (exact) mass is 402 g/mol. The summed E-state index contributed by atoms with van der Waals surface area (Å²) >= 11 is 5.91. The molecule has 2 atom stereocenters. The second-order valence-corrected chi connectivity index (χ2v) is 8.59. The zero-order valence-corrected chi connectivity index (χ0v) is 15.6. The van der Waals surface area contributed by atoms with Gasteiger partial charge in [-0.3, -0.25) is 9.59 Å². The quantitative estimate of drug-likeness (QED) is 0.661. The van der Waals surface area contributed by atoms with Crippen molar-refractivity contribution in [1.29, 1.82) is 0 Å². The van der Waals surface area contributed by atoms with Gasteiger partial charge in [-0.05, 0) is 25.5 Å². The van der Waals surface area contributed by atoms with Crippen molar-refractivity contribution in [2.45, 2.75) is 25.4 Å². The van der Waals surface area contributed by atoms with Gasteiger partial charge >= 0.3 is 5.97 Å². The van der Waals surface area contributed by atoms with E-state index in [2.05, 4.69) is 10.6 Å². The van der Waals surface area contributed by atoms with Gasteiger partial charge in [-0.1, -0.05) is 23.7 Å². The average Bonchev–Trinajstić information content (AvgIpc) is 2.91. The van der Waals surface area contributed by atoms with E-state index in [-0.39, 0.29) is 22.1 Å². The van der Waals surface area contributed by atoms with Gasteiger partial charge in [-0.2, -0.15) is 0 Å². The normalized spacial score (nSPS) is 19.4. The summed E-state index contributed by atoms with van der Waals surface area (Å²) in [5.74, 6) is -2.01. The summed E-state index contributed by atoms with van der Waals surface area (Å²) in [7, 11) is -3.11. The largest absolute Gasteiger partial charge is 0.454 e. The molecule has 2 amide bonds. The van der Waals surface area contributed by atoms with Crippen LogP contribution in [0.4, 0.5) is 0 Å². The molecule has 26 heavy (non-hydrogen) atoms. The van der Waals surface area contributed by atoms with E-state index >= 15 is 0 Å². The highest BCUT2D eigenvalue weighted by molar-refractivity contribution is 7.91. The Balaban J connectivity index is 1.77. The highest BCUT2D eigenvalue weighted by Crippen LogP contribution is 2.14. The van der Waals surface area contributed by atoms with E-state index in [0.29, 0.717) is 6.42 Å². The number of rotatable bonds is 6. The molecule has 8 nitrogen and oxygen atoms in total. The van der Waals surface area contributed by atoms with Crippen LogP contribution in [-0.4, -0.2) is 56.4 Å². The molecule has 1 aliphatic heterocycles. The van der Waals surface area contributed by atoms with Crippen molar-refractivity contribution in [3.8, 4) is 0 Å². The van der Waals surface area contributed by atoms with Crippen molar-refractivity contribution >= 4 is 39.2 Å². The number of carbonyl (C=O) groups excluding carboxylic acids is 3. The molecule has 0 bridgehead atoms. The Kier molecular flexibility index (Phi) is 6.60. The molecule has 0 spiro atoms. The van der Waals surface area contributed by atoms with E-state index in [1.54, 1.807) is 18.2 Å². The third-order valence-corrected chi connectivity index (χ3v) is 5.86. The predicted octanol–water partition coefficient (Wildman–Crippen LogP) is 0.305. The summed E-state index contributed by atoms with van der Waals surface area (Å²) in [6.45, 7) is 0.861. The minimum absolute atomic E-state index is 0.0306. The van der Waals surface area contributed by atoms with Gasteiger partial charge in [0, 0.05) is 6.04 Å². The first-order valence-electron chi connectivity index (χ1n) is 7.90. The zero-order chi connectivity index (χ0) is 19.3. The van der Waals surface area contributed by atoms with Crippen LogP contribution < -0.4 is 10.6 Å². The summed E-state index contributed by atoms with van der Waals surface area (Å²) in [6.07, 6.45) is 0.340. The number of ether oxygens (including phenoxy) is 1. The van der Waals surface area contributed by atoms with Crippen LogP contribution in [0.1, 0.15) is 23.7 Å². The first-order valence-corrected chi connectivity index (χ1v) is 10.1. The van der Waals surface area contributed by atoms with Gasteiger partial charge in [0.2, 0.25) is 0 Å². The number of carbonyl (C=O) groups is 3. The minimum atomic E-state index is -3.11. The lowest BCUT2D eigenvalue weighted by Gasteiger charge is -2.15. The van der Waals surface area contributed by atoms with Crippen LogP contribution in [0.5, 0.6) is 0 Å². The van der Waals surface area contributed by atoms with Crippen LogP contribution in [0.2, 0.25) is 5.02 Å². The van der Waals surface area contributed by atoms with Gasteiger partial charge in [-0.25, -0.2) is 13.2 Å². The lowest BCUT2D eigenvalue weighted by atomic mass is 10.2. The van der Waals surface area contributed by atoms with Crippen LogP contribution in [-0.2, 0) is 24.2 Å². The topological polar surface area (TPSA) is 119 Å². The van der Waals surface area contributed by atoms with Crippen molar-refractivity contribution < 1.29 is 27.5 Å². The molecule has 1 aromatic rings. The molecule has 1 heterocycles. The molecule has 0 saturated carbocycles. The van der Waals surface area contributed by atoms with Gasteiger partial charge < -0.3 is 15.4 Å². The molecular weight excluding hydrogens is 384 g/mol. The van der Waals surface area contributed by atoms with Gasteiger partial charge in [0.25, 0.3) is 11.8 Å². The number of halogens is 1. The number of sulfone groups is 1. The molecule has 1 aromatic carbocycles. The fourth-order valence-electron chi connectivity index (χ4n) is 2.42. The van der Waals surface area contributed by atoms with Crippen LogP contribution >= 0.6 is 11.6 Å². The maximum absolute atomic E-state index is 12.1.